The van der Waals surface area contributed by atoms with Crippen LogP contribution in [-0.2, 0) is 16.0 Å². The second-order valence-corrected chi connectivity index (χ2v) is 9.84. The highest BCUT2D eigenvalue weighted by molar-refractivity contribution is 7.91. The molecule has 1 heterocycles. The SMILES string of the molecule is Cc1ccc(S(=O)(=O)C(C)c2nc(C)c(-c3ccc(C(F)(F)F)cc3)s2)cc1. The Bertz CT molecular complexity index is 1080. The van der Waals surface area contributed by atoms with Crippen LogP contribution in [0.4, 0.5) is 13.2 Å². The molecule has 0 aliphatic heterocycles. The van der Waals surface area contributed by atoms with Crippen LogP contribution >= 0.6 is 11.3 Å². The number of nitrogens with zero attached hydrogens (tertiary/aromatic N) is 1. The molecule has 8 heteroatoms. The van der Waals surface area contributed by atoms with E-state index in [1.807, 2.05) is 6.92 Å². The molecule has 0 aliphatic rings. The maximum atomic E-state index is 12.9. The molecule has 0 N–H and O–H groups in total. The van der Waals surface area contributed by atoms with E-state index >= 15 is 0 Å². The molecule has 0 bridgehead atoms. The molecule has 0 saturated carbocycles. The normalized spacial score (nSPS) is 13.5. The summed E-state index contributed by atoms with van der Waals surface area (Å²) < 4.78 is 64.1. The first-order valence-corrected chi connectivity index (χ1v) is 10.8. The number of rotatable bonds is 4. The standard InChI is InChI=1S/C20H18F3NO2S2/c1-12-4-10-17(11-5-12)28(25,26)14(3)19-24-13(2)18(27-19)15-6-8-16(9-7-15)20(21,22)23/h4-11,14H,1-3H3. The summed E-state index contributed by atoms with van der Waals surface area (Å²) in [7, 11) is -3.62. The Kier molecular flexibility index (Phi) is 5.38. The number of halogens is 3. The van der Waals surface area contributed by atoms with Gasteiger partial charge in [-0.1, -0.05) is 29.8 Å². The van der Waals surface area contributed by atoms with Crippen LogP contribution in [0.15, 0.2) is 53.4 Å². The van der Waals surface area contributed by atoms with Crippen molar-refractivity contribution in [2.75, 3.05) is 0 Å². The van der Waals surface area contributed by atoms with Crippen LogP contribution in [0.25, 0.3) is 10.4 Å². The molecular formula is C20H18F3NO2S2. The first-order chi connectivity index (χ1) is 13.0. The molecule has 0 amide bonds. The van der Waals surface area contributed by atoms with Gasteiger partial charge in [0, 0.05) is 0 Å². The van der Waals surface area contributed by atoms with Gasteiger partial charge in [0.1, 0.15) is 10.3 Å². The van der Waals surface area contributed by atoms with Gasteiger partial charge >= 0.3 is 6.18 Å². The van der Waals surface area contributed by atoms with Gasteiger partial charge < -0.3 is 0 Å². The number of hydrogen-bond donors (Lipinski definition) is 0. The van der Waals surface area contributed by atoms with Gasteiger partial charge in [-0.05, 0) is 50.6 Å². The second kappa shape index (κ2) is 7.33. The number of thiazole rings is 1. The lowest BCUT2D eigenvalue weighted by Gasteiger charge is -2.10. The van der Waals surface area contributed by atoms with Crippen LogP contribution in [0.5, 0.6) is 0 Å². The fourth-order valence-corrected chi connectivity index (χ4v) is 5.51. The van der Waals surface area contributed by atoms with E-state index < -0.39 is 26.8 Å². The number of benzene rings is 2. The molecule has 0 aliphatic carbocycles. The van der Waals surface area contributed by atoms with Gasteiger partial charge in [-0.3, -0.25) is 0 Å². The molecule has 1 atom stereocenters. The maximum absolute atomic E-state index is 12.9. The Balaban J connectivity index is 1.94. The summed E-state index contributed by atoms with van der Waals surface area (Å²) in [5.74, 6) is 0. The van der Waals surface area contributed by atoms with Crippen LogP contribution in [-0.4, -0.2) is 13.4 Å². The minimum atomic E-state index is -4.40. The summed E-state index contributed by atoms with van der Waals surface area (Å²) >= 11 is 1.19. The van der Waals surface area contributed by atoms with Crippen molar-refractivity contribution in [1.82, 2.24) is 4.98 Å². The van der Waals surface area contributed by atoms with Crippen molar-refractivity contribution in [3.63, 3.8) is 0 Å². The minimum Gasteiger partial charge on any atom is -0.245 e. The molecule has 0 saturated heterocycles. The summed E-state index contributed by atoms with van der Waals surface area (Å²) in [6, 6.07) is 11.4. The van der Waals surface area contributed by atoms with Crippen molar-refractivity contribution < 1.29 is 21.6 Å². The Hall–Kier alpha value is -2.19. The number of hydrogen-bond acceptors (Lipinski definition) is 4. The van der Waals surface area contributed by atoms with E-state index in [0.29, 0.717) is 21.1 Å². The zero-order valence-electron chi connectivity index (χ0n) is 15.4. The minimum absolute atomic E-state index is 0.217. The Labute approximate surface area is 165 Å². The van der Waals surface area contributed by atoms with Gasteiger partial charge in [-0.25, -0.2) is 13.4 Å². The van der Waals surface area contributed by atoms with Crippen molar-refractivity contribution >= 4 is 21.2 Å². The fourth-order valence-electron chi connectivity index (χ4n) is 2.73. The molecule has 28 heavy (non-hydrogen) atoms. The van der Waals surface area contributed by atoms with Crippen LogP contribution in [0.1, 0.15) is 34.0 Å². The van der Waals surface area contributed by atoms with Gasteiger partial charge in [0.25, 0.3) is 0 Å². The van der Waals surface area contributed by atoms with Crippen molar-refractivity contribution in [1.29, 1.82) is 0 Å². The van der Waals surface area contributed by atoms with Crippen LogP contribution in [0, 0.1) is 13.8 Å². The lowest BCUT2D eigenvalue weighted by molar-refractivity contribution is -0.137. The zero-order valence-corrected chi connectivity index (χ0v) is 17.0. The molecule has 3 nitrogen and oxygen atoms in total. The monoisotopic (exact) mass is 425 g/mol. The van der Waals surface area contributed by atoms with Crippen LogP contribution in [0.2, 0.25) is 0 Å². The third kappa shape index (κ3) is 3.98. The summed E-state index contributed by atoms with van der Waals surface area (Å²) in [5, 5.41) is -0.449. The predicted octanol–water partition coefficient (Wildman–Crippen LogP) is 5.98. The first kappa shape index (κ1) is 20.5. The molecule has 2 aromatic carbocycles. The first-order valence-electron chi connectivity index (χ1n) is 8.45. The lowest BCUT2D eigenvalue weighted by atomic mass is 10.1. The molecule has 0 spiro atoms. The zero-order chi connectivity index (χ0) is 20.7. The smallest absolute Gasteiger partial charge is 0.245 e. The number of aryl methyl sites for hydroxylation is 2. The van der Waals surface area contributed by atoms with E-state index in [-0.39, 0.29) is 4.90 Å². The third-order valence-corrected chi connectivity index (χ3v) is 8.07. The van der Waals surface area contributed by atoms with E-state index in [1.54, 1.807) is 38.1 Å². The molecule has 3 aromatic rings. The second-order valence-electron chi connectivity index (χ2n) is 6.54. The quantitative estimate of drug-likeness (QED) is 0.517. The highest BCUT2D eigenvalue weighted by Gasteiger charge is 2.31. The maximum Gasteiger partial charge on any atom is 0.416 e. The molecule has 3 rings (SSSR count). The molecule has 0 fully saturated rings. The van der Waals surface area contributed by atoms with E-state index in [1.165, 1.54) is 23.5 Å². The van der Waals surface area contributed by atoms with E-state index in [0.717, 1.165) is 17.7 Å². The fraction of sp³-hybridized carbons (Fsp3) is 0.250. The number of sulfone groups is 1. The molecule has 1 aromatic heterocycles. The largest absolute Gasteiger partial charge is 0.416 e. The van der Waals surface area contributed by atoms with Crippen LogP contribution < -0.4 is 0 Å². The molecule has 148 valence electrons. The van der Waals surface area contributed by atoms with Crippen molar-refractivity contribution in [3.05, 3.63) is 70.4 Å². The third-order valence-electron chi connectivity index (χ3n) is 4.45. The van der Waals surface area contributed by atoms with Gasteiger partial charge in [-0.15, -0.1) is 11.3 Å². The van der Waals surface area contributed by atoms with E-state index in [4.69, 9.17) is 0 Å². The average molecular weight is 425 g/mol. The van der Waals surface area contributed by atoms with Gasteiger partial charge in [0.2, 0.25) is 0 Å². The van der Waals surface area contributed by atoms with Gasteiger partial charge in [-0.2, -0.15) is 13.2 Å². The topological polar surface area (TPSA) is 47.0 Å². The van der Waals surface area contributed by atoms with Crippen LogP contribution in [0.3, 0.4) is 0 Å². The molecular weight excluding hydrogens is 407 g/mol. The van der Waals surface area contributed by atoms with E-state index in [2.05, 4.69) is 4.98 Å². The molecule has 0 radical (unpaired) electrons. The summed E-state index contributed by atoms with van der Waals surface area (Å²) in [4.78, 5) is 5.26. The number of alkyl halides is 3. The predicted molar refractivity (Wildman–Crippen MR) is 104 cm³/mol. The van der Waals surface area contributed by atoms with Crippen molar-refractivity contribution in [3.8, 4) is 10.4 Å². The lowest BCUT2D eigenvalue weighted by Crippen LogP contribution is -2.10. The van der Waals surface area contributed by atoms with Crippen molar-refractivity contribution in [2.24, 2.45) is 0 Å². The average Bonchev–Trinajstić information content (AvgIpc) is 3.02. The Morgan fingerprint density at radius 2 is 1.54 bits per heavy atom. The highest BCUT2D eigenvalue weighted by Crippen LogP contribution is 2.38. The van der Waals surface area contributed by atoms with Crippen molar-refractivity contribution in [2.45, 2.75) is 37.1 Å². The van der Waals surface area contributed by atoms with Gasteiger partial charge in [0.15, 0.2) is 9.84 Å². The summed E-state index contributed by atoms with van der Waals surface area (Å²) in [6.45, 7) is 5.17. The Morgan fingerprint density at radius 1 is 0.964 bits per heavy atom. The molecule has 1 unspecified atom stereocenters. The summed E-state index contributed by atoms with van der Waals surface area (Å²) in [6.07, 6.45) is -4.40. The highest BCUT2D eigenvalue weighted by atomic mass is 32.2. The van der Waals surface area contributed by atoms with Gasteiger partial charge in [0.05, 0.1) is 21.0 Å². The number of aromatic nitrogens is 1. The van der Waals surface area contributed by atoms with E-state index in [9.17, 15) is 21.6 Å². The summed E-state index contributed by atoms with van der Waals surface area (Å²) in [5.41, 5.74) is 1.40. The Morgan fingerprint density at radius 3 is 2.07 bits per heavy atom.